The molecule has 43 heavy (non-hydrogen) atoms. The number of benzene rings is 2. The highest BCUT2D eigenvalue weighted by molar-refractivity contribution is 6.33. The van der Waals surface area contributed by atoms with E-state index < -0.39 is 0 Å². The second-order valence-corrected chi connectivity index (χ2v) is 11.5. The Morgan fingerprint density at radius 3 is 2.60 bits per heavy atom. The number of para-hydroxylation sites is 1. The van der Waals surface area contributed by atoms with Crippen molar-refractivity contribution in [2.75, 3.05) is 61.8 Å². The molecule has 2 aliphatic rings. The van der Waals surface area contributed by atoms with E-state index in [0.29, 0.717) is 41.0 Å². The monoisotopic (exact) mass is 598 g/mol. The van der Waals surface area contributed by atoms with Crippen molar-refractivity contribution in [1.82, 2.24) is 24.8 Å². The number of likely N-dealkylation sites (tertiary alicyclic amines) is 1. The summed E-state index contributed by atoms with van der Waals surface area (Å²) in [4.78, 5) is 44.5. The van der Waals surface area contributed by atoms with Gasteiger partial charge in [-0.2, -0.15) is 0 Å². The normalized spacial score (nSPS) is 16.3. The number of hydrogen-bond donors (Lipinski definition) is 3. The van der Waals surface area contributed by atoms with Crippen LogP contribution in [0.2, 0.25) is 5.02 Å². The molecule has 4 aromatic rings. The smallest absolute Gasteiger partial charge is 0.253 e. The fraction of sp³-hybridized carbons (Fsp3) is 0.312. The van der Waals surface area contributed by atoms with Crippen LogP contribution in [0.15, 0.2) is 67.5 Å². The molecule has 2 fully saturated rings. The van der Waals surface area contributed by atoms with Gasteiger partial charge in [0, 0.05) is 73.5 Å². The molecule has 4 heterocycles. The van der Waals surface area contributed by atoms with Gasteiger partial charge in [-0.1, -0.05) is 36.4 Å². The molecule has 2 aliphatic heterocycles. The molecule has 2 aromatic carbocycles. The third-order valence-corrected chi connectivity index (χ3v) is 8.51. The van der Waals surface area contributed by atoms with E-state index in [2.05, 4.69) is 44.0 Å². The van der Waals surface area contributed by atoms with E-state index in [0.717, 1.165) is 61.2 Å². The van der Waals surface area contributed by atoms with Gasteiger partial charge in [-0.3, -0.25) is 9.59 Å². The lowest BCUT2D eigenvalue weighted by Gasteiger charge is -2.36. The predicted molar refractivity (Wildman–Crippen MR) is 172 cm³/mol. The number of aromatic nitrogens is 3. The van der Waals surface area contributed by atoms with Crippen molar-refractivity contribution in [3.63, 3.8) is 0 Å². The van der Waals surface area contributed by atoms with E-state index in [9.17, 15) is 9.59 Å². The van der Waals surface area contributed by atoms with Crippen molar-refractivity contribution < 1.29 is 9.59 Å². The summed E-state index contributed by atoms with van der Waals surface area (Å²) in [5, 5.41) is 7.89. The Balaban J connectivity index is 1.13. The van der Waals surface area contributed by atoms with E-state index in [1.807, 2.05) is 47.5 Å². The molecule has 11 heteroatoms. The zero-order chi connectivity index (χ0) is 29.9. The van der Waals surface area contributed by atoms with Gasteiger partial charge in [0.2, 0.25) is 11.9 Å². The van der Waals surface area contributed by atoms with Crippen LogP contribution in [0.3, 0.4) is 0 Å². The van der Waals surface area contributed by atoms with Crippen LogP contribution in [0.25, 0.3) is 22.2 Å². The van der Waals surface area contributed by atoms with Gasteiger partial charge in [0.05, 0.1) is 28.3 Å². The van der Waals surface area contributed by atoms with Crippen LogP contribution in [0, 0.1) is 0 Å². The number of H-pyrrole nitrogens is 1. The number of aromatic amines is 1. The van der Waals surface area contributed by atoms with Gasteiger partial charge in [-0.15, -0.1) is 0 Å². The van der Waals surface area contributed by atoms with Gasteiger partial charge in [-0.25, -0.2) is 9.97 Å². The van der Waals surface area contributed by atoms with Gasteiger partial charge < -0.3 is 30.3 Å². The molecule has 10 nitrogen and oxygen atoms in total. The lowest BCUT2D eigenvalue weighted by molar-refractivity contribution is -0.111. The van der Waals surface area contributed by atoms with Crippen LogP contribution in [-0.4, -0.2) is 88.9 Å². The highest BCUT2D eigenvalue weighted by atomic mass is 35.5. The summed E-state index contributed by atoms with van der Waals surface area (Å²) in [7, 11) is 2.10. The first-order chi connectivity index (χ1) is 20.9. The molecule has 3 N–H and O–H groups in total. The molecule has 0 atom stereocenters. The molecule has 0 radical (unpaired) electrons. The zero-order valence-corrected chi connectivity index (χ0v) is 24.9. The number of hydrogen-bond acceptors (Lipinski definition) is 7. The number of halogens is 1. The Morgan fingerprint density at radius 1 is 1.07 bits per heavy atom. The summed E-state index contributed by atoms with van der Waals surface area (Å²) in [6, 6.07) is 13.7. The van der Waals surface area contributed by atoms with E-state index in [4.69, 9.17) is 16.6 Å². The number of carbonyl (C=O) groups is 2. The van der Waals surface area contributed by atoms with Gasteiger partial charge >= 0.3 is 0 Å². The van der Waals surface area contributed by atoms with Crippen LogP contribution < -0.4 is 15.5 Å². The number of amides is 2. The van der Waals surface area contributed by atoms with Crippen molar-refractivity contribution >= 4 is 51.6 Å². The molecule has 0 spiro atoms. The first-order valence-corrected chi connectivity index (χ1v) is 14.9. The summed E-state index contributed by atoms with van der Waals surface area (Å²) in [6.07, 6.45) is 6.33. The average Bonchev–Trinajstić information content (AvgIpc) is 3.46. The molecule has 2 amide bonds. The number of anilines is 3. The minimum absolute atomic E-state index is 0.0141. The van der Waals surface area contributed by atoms with Gasteiger partial charge in [0.15, 0.2) is 0 Å². The first-order valence-electron chi connectivity index (χ1n) is 14.6. The van der Waals surface area contributed by atoms with Crippen molar-refractivity contribution in [3.05, 3.63) is 78.1 Å². The summed E-state index contributed by atoms with van der Waals surface area (Å²) in [5.41, 5.74) is 4.78. The summed E-state index contributed by atoms with van der Waals surface area (Å²) < 4.78 is 0. The molecule has 222 valence electrons. The molecule has 2 saturated heterocycles. The van der Waals surface area contributed by atoms with Crippen LogP contribution in [-0.2, 0) is 4.79 Å². The molecule has 0 aliphatic carbocycles. The highest BCUT2D eigenvalue weighted by Crippen LogP contribution is 2.33. The molecule has 0 saturated carbocycles. The standard InChI is InChI=1S/C32H35ClN8O2/c1-3-29(42)37-27-9-8-21(18-28(27)40-16-14-39(2)15-17-40)31(43)41-12-10-22(11-13-41)36-32-35-20-25(33)30(38-32)24-19-34-26-7-5-4-6-23(24)26/h3-9,18-20,22,34H,1,10-17H2,2H3,(H,37,42)(H,35,36,38). The van der Waals surface area contributed by atoms with Crippen LogP contribution in [0.1, 0.15) is 23.2 Å². The Bertz CT molecular complexity index is 1650. The third-order valence-electron chi connectivity index (χ3n) is 8.24. The number of rotatable bonds is 7. The van der Waals surface area contributed by atoms with Crippen molar-refractivity contribution in [3.8, 4) is 11.3 Å². The SMILES string of the molecule is C=CC(=O)Nc1ccc(C(=O)N2CCC(Nc3ncc(Cl)c(-c4c[nH]c5ccccc45)n3)CC2)cc1N1CCN(C)CC1. The molecule has 6 rings (SSSR count). The minimum Gasteiger partial charge on any atom is -0.367 e. The number of piperazine rings is 1. The number of piperidine rings is 1. The number of likely N-dealkylation sites (N-methyl/N-ethyl adjacent to an activating group) is 1. The molecule has 0 bridgehead atoms. The first kappa shape index (κ1) is 28.7. The lowest BCUT2D eigenvalue weighted by Crippen LogP contribution is -2.45. The topological polar surface area (TPSA) is 109 Å². The van der Waals surface area contributed by atoms with Gasteiger partial charge in [0.1, 0.15) is 0 Å². The van der Waals surface area contributed by atoms with E-state index in [1.165, 1.54) is 6.08 Å². The summed E-state index contributed by atoms with van der Waals surface area (Å²) >= 11 is 6.51. The van der Waals surface area contributed by atoms with E-state index in [-0.39, 0.29) is 17.9 Å². The molecule has 0 unspecified atom stereocenters. The Morgan fingerprint density at radius 2 is 1.84 bits per heavy atom. The lowest BCUT2D eigenvalue weighted by atomic mass is 10.0. The number of carbonyl (C=O) groups excluding carboxylic acids is 2. The zero-order valence-electron chi connectivity index (χ0n) is 24.1. The molecule has 2 aromatic heterocycles. The quantitative estimate of drug-likeness (QED) is 0.260. The van der Waals surface area contributed by atoms with Crippen LogP contribution in [0.5, 0.6) is 0 Å². The Kier molecular flexibility index (Phi) is 8.31. The summed E-state index contributed by atoms with van der Waals surface area (Å²) in [5.74, 6) is 0.227. The molecular formula is C32H35ClN8O2. The second kappa shape index (κ2) is 12.4. The van der Waals surface area contributed by atoms with Crippen molar-refractivity contribution in [2.45, 2.75) is 18.9 Å². The average molecular weight is 599 g/mol. The van der Waals surface area contributed by atoms with Gasteiger partial charge in [-0.05, 0) is 50.2 Å². The maximum atomic E-state index is 13.6. The predicted octanol–water partition coefficient (Wildman–Crippen LogP) is 4.87. The maximum Gasteiger partial charge on any atom is 0.253 e. The fourth-order valence-corrected chi connectivity index (χ4v) is 5.94. The van der Waals surface area contributed by atoms with Gasteiger partial charge in [0.25, 0.3) is 5.91 Å². The minimum atomic E-state index is -0.276. The number of nitrogens with zero attached hydrogens (tertiary/aromatic N) is 5. The van der Waals surface area contributed by atoms with Crippen molar-refractivity contribution in [1.29, 1.82) is 0 Å². The number of fused-ring (bicyclic) bond motifs is 1. The maximum absolute atomic E-state index is 13.6. The van der Waals surface area contributed by atoms with Crippen LogP contribution >= 0.6 is 11.6 Å². The largest absolute Gasteiger partial charge is 0.367 e. The Hall–Kier alpha value is -4.41. The molecular weight excluding hydrogens is 564 g/mol. The fourth-order valence-electron chi connectivity index (χ4n) is 5.75. The van der Waals surface area contributed by atoms with E-state index in [1.54, 1.807) is 12.3 Å². The number of nitrogens with one attached hydrogen (secondary N) is 3. The Labute approximate surface area is 255 Å². The second-order valence-electron chi connectivity index (χ2n) is 11.1. The summed E-state index contributed by atoms with van der Waals surface area (Å²) in [6.45, 7) is 8.24. The highest BCUT2D eigenvalue weighted by Gasteiger charge is 2.26. The third kappa shape index (κ3) is 6.21. The van der Waals surface area contributed by atoms with Crippen molar-refractivity contribution in [2.24, 2.45) is 0 Å². The van der Waals surface area contributed by atoms with Crippen LogP contribution in [0.4, 0.5) is 17.3 Å². The van der Waals surface area contributed by atoms with E-state index >= 15 is 0 Å².